The van der Waals surface area contributed by atoms with Gasteiger partial charge in [-0.2, -0.15) is 0 Å². The number of likely N-dealkylation sites (N-methyl/N-ethyl adjacent to an activating group) is 1. The number of nitrogens with one attached hydrogen (secondary N) is 1. The predicted molar refractivity (Wildman–Crippen MR) is 106 cm³/mol. The van der Waals surface area contributed by atoms with E-state index in [9.17, 15) is 12.8 Å². The predicted octanol–water partition coefficient (Wildman–Crippen LogP) is 2.10. The Morgan fingerprint density at radius 2 is 1.64 bits per heavy atom. The van der Waals surface area contributed by atoms with E-state index in [1.165, 1.54) is 12.1 Å². The van der Waals surface area contributed by atoms with E-state index in [-0.39, 0.29) is 17.5 Å². The second-order valence-electron chi connectivity index (χ2n) is 6.93. The molecule has 0 unspecified atom stereocenters. The highest BCUT2D eigenvalue weighted by Gasteiger charge is 2.26. The van der Waals surface area contributed by atoms with Crippen molar-refractivity contribution < 1.29 is 17.5 Å². The first-order valence-electron chi connectivity index (χ1n) is 9.21. The van der Waals surface area contributed by atoms with Gasteiger partial charge < -0.3 is 9.64 Å². The molecule has 0 radical (unpaired) electrons. The summed E-state index contributed by atoms with van der Waals surface area (Å²) >= 11 is 0. The number of halogens is 1. The maximum absolute atomic E-state index is 13.1. The first-order chi connectivity index (χ1) is 13.4. The zero-order valence-electron chi connectivity index (χ0n) is 16.1. The van der Waals surface area contributed by atoms with Gasteiger partial charge in [-0.25, -0.2) is 17.5 Å². The third-order valence-electron chi connectivity index (χ3n) is 5.07. The number of nitrogens with zero attached hydrogens (tertiary/aromatic N) is 2. The number of hydrogen-bond acceptors (Lipinski definition) is 5. The van der Waals surface area contributed by atoms with Crippen LogP contribution in [0.25, 0.3) is 0 Å². The van der Waals surface area contributed by atoms with Crippen molar-refractivity contribution in [2.24, 2.45) is 0 Å². The number of rotatable bonds is 7. The molecule has 0 aromatic heterocycles. The van der Waals surface area contributed by atoms with E-state index in [4.69, 9.17) is 4.74 Å². The second-order valence-corrected chi connectivity index (χ2v) is 8.70. The molecule has 28 heavy (non-hydrogen) atoms. The fourth-order valence-electron chi connectivity index (χ4n) is 3.30. The molecule has 152 valence electrons. The van der Waals surface area contributed by atoms with Gasteiger partial charge in [0.15, 0.2) is 0 Å². The van der Waals surface area contributed by atoms with Gasteiger partial charge in [0.1, 0.15) is 11.6 Å². The van der Waals surface area contributed by atoms with Crippen molar-refractivity contribution in [2.75, 3.05) is 46.9 Å². The minimum absolute atomic E-state index is 0.0563. The Morgan fingerprint density at radius 1 is 1.04 bits per heavy atom. The Kier molecular flexibility index (Phi) is 6.66. The molecule has 0 saturated carbocycles. The van der Waals surface area contributed by atoms with Crippen LogP contribution in [0.15, 0.2) is 53.4 Å². The molecule has 1 saturated heterocycles. The lowest BCUT2D eigenvalue weighted by Crippen LogP contribution is -2.48. The van der Waals surface area contributed by atoms with Gasteiger partial charge in [0.2, 0.25) is 10.0 Å². The van der Waals surface area contributed by atoms with E-state index in [0.29, 0.717) is 0 Å². The molecule has 1 fully saturated rings. The zero-order valence-corrected chi connectivity index (χ0v) is 17.0. The van der Waals surface area contributed by atoms with E-state index in [0.717, 1.165) is 49.6 Å². The van der Waals surface area contributed by atoms with Gasteiger partial charge in [0, 0.05) is 38.8 Å². The lowest BCUT2D eigenvalue weighted by molar-refractivity contribution is 0.113. The molecule has 1 heterocycles. The number of sulfonamides is 1. The summed E-state index contributed by atoms with van der Waals surface area (Å²) in [5, 5.41) is 0. The van der Waals surface area contributed by atoms with E-state index >= 15 is 0 Å². The smallest absolute Gasteiger partial charge is 0.240 e. The SMILES string of the molecule is COc1ccc([C@H](CNS(=O)(=O)c2ccc(F)cc2)N2CCN(C)CC2)cc1. The Hall–Kier alpha value is -2.00. The van der Waals surface area contributed by atoms with Crippen molar-refractivity contribution >= 4 is 10.0 Å². The highest BCUT2D eigenvalue weighted by molar-refractivity contribution is 7.89. The maximum Gasteiger partial charge on any atom is 0.240 e. The summed E-state index contributed by atoms with van der Waals surface area (Å²) in [7, 11) is -0.0256. The molecule has 1 atom stereocenters. The summed E-state index contributed by atoms with van der Waals surface area (Å²) in [4.78, 5) is 4.60. The number of piperazine rings is 1. The molecular weight excluding hydrogens is 381 g/mol. The van der Waals surface area contributed by atoms with Gasteiger partial charge in [-0.15, -0.1) is 0 Å². The molecule has 0 amide bonds. The van der Waals surface area contributed by atoms with Gasteiger partial charge in [-0.1, -0.05) is 12.1 Å². The van der Waals surface area contributed by atoms with Crippen LogP contribution in [0.3, 0.4) is 0 Å². The number of methoxy groups -OCH3 is 1. The summed E-state index contributed by atoms with van der Waals surface area (Å²) in [6.45, 7) is 3.79. The second kappa shape index (κ2) is 9.00. The lowest BCUT2D eigenvalue weighted by atomic mass is 10.0. The van der Waals surface area contributed by atoms with E-state index in [1.54, 1.807) is 7.11 Å². The highest BCUT2D eigenvalue weighted by Crippen LogP contribution is 2.24. The standard InChI is InChI=1S/C20H26FN3O3S/c1-23-11-13-24(14-12-23)20(16-3-7-18(27-2)8-4-16)15-22-28(25,26)19-9-5-17(21)6-10-19/h3-10,20,22H,11-15H2,1-2H3/t20-/m0/s1. The summed E-state index contributed by atoms with van der Waals surface area (Å²) in [5.74, 6) is 0.292. The van der Waals surface area contributed by atoms with Crippen LogP contribution in [0.2, 0.25) is 0 Å². The molecule has 1 aliphatic heterocycles. The minimum Gasteiger partial charge on any atom is -0.497 e. The van der Waals surface area contributed by atoms with Crippen molar-refractivity contribution in [3.05, 3.63) is 59.9 Å². The summed E-state index contributed by atoms with van der Waals surface area (Å²) in [5.41, 5.74) is 1.02. The monoisotopic (exact) mass is 407 g/mol. The van der Waals surface area contributed by atoms with Gasteiger partial charge in [-0.05, 0) is 49.0 Å². The maximum atomic E-state index is 13.1. The first-order valence-corrected chi connectivity index (χ1v) is 10.7. The Bertz CT molecular complexity index is 865. The molecule has 6 nitrogen and oxygen atoms in total. The number of benzene rings is 2. The van der Waals surface area contributed by atoms with Gasteiger partial charge in [0.25, 0.3) is 0 Å². The average Bonchev–Trinajstić information content (AvgIpc) is 2.70. The summed E-state index contributed by atoms with van der Waals surface area (Å²) in [6.07, 6.45) is 0. The minimum atomic E-state index is -3.72. The van der Waals surface area contributed by atoms with Crippen LogP contribution in [0.4, 0.5) is 4.39 Å². The van der Waals surface area contributed by atoms with Crippen LogP contribution in [0, 0.1) is 5.82 Å². The fraction of sp³-hybridized carbons (Fsp3) is 0.400. The van der Waals surface area contributed by atoms with Crippen LogP contribution in [-0.4, -0.2) is 65.1 Å². The summed E-state index contributed by atoms with van der Waals surface area (Å²) < 4.78 is 46.3. The van der Waals surface area contributed by atoms with Crippen LogP contribution in [-0.2, 0) is 10.0 Å². The van der Waals surface area contributed by atoms with Crippen LogP contribution >= 0.6 is 0 Å². The van der Waals surface area contributed by atoms with E-state index in [2.05, 4.69) is 21.6 Å². The fourth-order valence-corrected chi connectivity index (χ4v) is 4.34. The number of ether oxygens (including phenoxy) is 1. The van der Waals surface area contributed by atoms with Gasteiger partial charge in [-0.3, -0.25) is 4.90 Å². The Balaban J connectivity index is 1.79. The molecule has 1 aliphatic rings. The third-order valence-corrected chi connectivity index (χ3v) is 6.51. The molecule has 3 rings (SSSR count). The molecule has 2 aromatic carbocycles. The van der Waals surface area contributed by atoms with Gasteiger partial charge in [0.05, 0.1) is 12.0 Å². The quantitative estimate of drug-likeness (QED) is 0.762. The van der Waals surface area contributed by atoms with E-state index in [1.807, 2.05) is 24.3 Å². The molecule has 1 N–H and O–H groups in total. The van der Waals surface area contributed by atoms with Crippen molar-refractivity contribution in [2.45, 2.75) is 10.9 Å². The van der Waals surface area contributed by atoms with Crippen molar-refractivity contribution in [1.29, 1.82) is 0 Å². The molecule has 2 aromatic rings. The molecule has 8 heteroatoms. The van der Waals surface area contributed by atoms with Crippen molar-refractivity contribution in [3.63, 3.8) is 0 Å². The van der Waals surface area contributed by atoms with Gasteiger partial charge >= 0.3 is 0 Å². The average molecular weight is 408 g/mol. The Morgan fingerprint density at radius 3 is 2.21 bits per heavy atom. The van der Waals surface area contributed by atoms with Crippen LogP contribution < -0.4 is 9.46 Å². The summed E-state index contributed by atoms with van der Waals surface area (Å²) in [6, 6.07) is 12.4. The largest absolute Gasteiger partial charge is 0.497 e. The Labute approximate surface area is 166 Å². The van der Waals surface area contributed by atoms with E-state index < -0.39 is 15.8 Å². The molecule has 0 aliphatic carbocycles. The normalized spacial score (nSPS) is 17.4. The topological polar surface area (TPSA) is 61.9 Å². The lowest BCUT2D eigenvalue weighted by Gasteiger charge is -2.38. The van der Waals surface area contributed by atoms with Crippen molar-refractivity contribution in [1.82, 2.24) is 14.5 Å². The molecular formula is C20H26FN3O3S. The van der Waals surface area contributed by atoms with Crippen molar-refractivity contribution in [3.8, 4) is 5.75 Å². The van der Waals surface area contributed by atoms with Crippen LogP contribution in [0.5, 0.6) is 5.75 Å². The molecule has 0 spiro atoms. The van der Waals surface area contributed by atoms with Crippen LogP contribution in [0.1, 0.15) is 11.6 Å². The third kappa shape index (κ3) is 5.08. The number of hydrogen-bond donors (Lipinski definition) is 1. The molecule has 0 bridgehead atoms. The zero-order chi connectivity index (χ0) is 20.1. The highest BCUT2D eigenvalue weighted by atomic mass is 32.2. The first kappa shape index (κ1) is 20.7.